The largest absolute Gasteiger partial charge is 0.483 e. The number of hydrogen-bond acceptors (Lipinski definition) is 6. The van der Waals surface area contributed by atoms with Crippen molar-refractivity contribution >= 4 is 40.9 Å². The molecule has 2 aromatic rings. The van der Waals surface area contributed by atoms with Crippen LogP contribution in [0.2, 0.25) is 5.02 Å². The summed E-state index contributed by atoms with van der Waals surface area (Å²) in [5.41, 5.74) is 6.94. The van der Waals surface area contributed by atoms with Gasteiger partial charge in [0.25, 0.3) is 0 Å². The number of aldehydes is 1. The van der Waals surface area contributed by atoms with E-state index in [0.717, 1.165) is 18.4 Å². The summed E-state index contributed by atoms with van der Waals surface area (Å²) < 4.78 is 5.11. The molecule has 0 fully saturated rings. The van der Waals surface area contributed by atoms with Gasteiger partial charge in [-0.1, -0.05) is 23.7 Å². The second-order valence-corrected chi connectivity index (χ2v) is 5.21. The molecule has 0 aliphatic carbocycles. The molecule has 1 aromatic heterocycles. The van der Waals surface area contributed by atoms with Gasteiger partial charge in [0.1, 0.15) is 11.6 Å². The standard InChI is InChI=1S/C13H10ClNO4S.CH4O/c14-9-10(19-5-4-16)12(13(17)18)20-11(9)7-2-1-3-8(15)6-7;1-2/h1-4,6H,5,15H2,(H,17,18);2H,1H3. The van der Waals surface area contributed by atoms with E-state index in [0.29, 0.717) is 22.4 Å². The molecule has 4 N–H and O–H groups in total. The number of benzene rings is 1. The number of anilines is 1. The topological polar surface area (TPSA) is 110 Å². The van der Waals surface area contributed by atoms with Crippen molar-refractivity contribution in [1.29, 1.82) is 0 Å². The van der Waals surface area contributed by atoms with Crippen LogP contribution in [0, 0.1) is 0 Å². The van der Waals surface area contributed by atoms with Gasteiger partial charge in [-0.05, 0) is 17.7 Å². The van der Waals surface area contributed by atoms with Crippen LogP contribution in [0.25, 0.3) is 10.4 Å². The Balaban J connectivity index is 0.00000116. The maximum absolute atomic E-state index is 11.2. The molecule has 0 spiro atoms. The van der Waals surface area contributed by atoms with E-state index in [2.05, 4.69) is 0 Å². The molecule has 22 heavy (non-hydrogen) atoms. The van der Waals surface area contributed by atoms with Gasteiger partial charge in [0.15, 0.2) is 16.9 Å². The second-order valence-electron chi connectivity index (χ2n) is 3.81. The maximum atomic E-state index is 11.2. The van der Waals surface area contributed by atoms with Gasteiger partial charge in [0.05, 0.1) is 4.88 Å². The highest BCUT2D eigenvalue weighted by molar-refractivity contribution is 7.18. The van der Waals surface area contributed by atoms with E-state index in [1.54, 1.807) is 24.3 Å². The van der Waals surface area contributed by atoms with Crippen molar-refractivity contribution in [2.45, 2.75) is 0 Å². The van der Waals surface area contributed by atoms with E-state index in [-0.39, 0.29) is 22.3 Å². The molecule has 0 aliphatic heterocycles. The average molecular weight is 344 g/mol. The van der Waals surface area contributed by atoms with Crippen LogP contribution >= 0.6 is 22.9 Å². The fourth-order valence-corrected chi connectivity index (χ4v) is 3.05. The second kappa shape index (κ2) is 8.38. The van der Waals surface area contributed by atoms with Crippen LogP contribution < -0.4 is 10.5 Å². The predicted octanol–water partition coefficient (Wildman–Crippen LogP) is 2.54. The predicted molar refractivity (Wildman–Crippen MR) is 85.8 cm³/mol. The summed E-state index contributed by atoms with van der Waals surface area (Å²) in [6.45, 7) is -0.257. The fraction of sp³-hybridized carbons (Fsp3) is 0.143. The quantitative estimate of drug-likeness (QED) is 0.568. The van der Waals surface area contributed by atoms with Gasteiger partial charge in [-0.2, -0.15) is 0 Å². The Hall–Kier alpha value is -2.09. The number of carboxylic acid groups (broad SMARTS) is 1. The van der Waals surface area contributed by atoms with Crippen LogP contribution in [0.15, 0.2) is 24.3 Å². The number of aliphatic hydroxyl groups is 1. The fourth-order valence-electron chi connectivity index (χ4n) is 1.65. The van der Waals surface area contributed by atoms with Gasteiger partial charge in [0, 0.05) is 12.8 Å². The molecule has 1 heterocycles. The zero-order valence-electron chi connectivity index (χ0n) is 11.6. The number of nitrogen functional groups attached to an aromatic ring is 1. The molecule has 0 amide bonds. The van der Waals surface area contributed by atoms with Crippen molar-refractivity contribution in [2.24, 2.45) is 0 Å². The first-order valence-electron chi connectivity index (χ1n) is 5.97. The van der Waals surface area contributed by atoms with Crippen molar-refractivity contribution in [3.63, 3.8) is 0 Å². The normalized spacial score (nSPS) is 9.59. The van der Waals surface area contributed by atoms with Crippen molar-refractivity contribution in [1.82, 2.24) is 0 Å². The average Bonchev–Trinajstić information content (AvgIpc) is 2.84. The molecular weight excluding hydrogens is 330 g/mol. The van der Waals surface area contributed by atoms with Crippen molar-refractivity contribution in [3.05, 3.63) is 34.2 Å². The lowest BCUT2D eigenvalue weighted by molar-refractivity contribution is -0.109. The molecular formula is C14H14ClNO5S. The Morgan fingerprint density at radius 1 is 1.45 bits per heavy atom. The number of hydrogen-bond donors (Lipinski definition) is 3. The first-order valence-corrected chi connectivity index (χ1v) is 7.16. The molecule has 6 nitrogen and oxygen atoms in total. The summed E-state index contributed by atoms with van der Waals surface area (Å²) >= 11 is 7.14. The Morgan fingerprint density at radius 2 is 2.14 bits per heavy atom. The molecule has 0 aliphatic rings. The van der Waals surface area contributed by atoms with Crippen LogP contribution in [0.4, 0.5) is 5.69 Å². The third-order valence-corrected chi connectivity index (χ3v) is 4.13. The number of halogens is 1. The van der Waals surface area contributed by atoms with E-state index in [9.17, 15) is 9.59 Å². The minimum Gasteiger partial charge on any atom is -0.483 e. The number of carbonyl (C=O) groups is 2. The Labute approximate surface area is 135 Å². The highest BCUT2D eigenvalue weighted by Gasteiger charge is 2.23. The molecule has 8 heteroatoms. The third-order valence-electron chi connectivity index (χ3n) is 2.45. The van der Waals surface area contributed by atoms with Crippen LogP contribution in [0.1, 0.15) is 9.67 Å². The Morgan fingerprint density at radius 3 is 2.68 bits per heavy atom. The summed E-state index contributed by atoms with van der Waals surface area (Å²) in [5.74, 6) is -1.15. The van der Waals surface area contributed by atoms with Gasteiger partial charge in [-0.3, -0.25) is 4.79 Å². The van der Waals surface area contributed by atoms with Crippen molar-refractivity contribution in [3.8, 4) is 16.2 Å². The molecule has 2 rings (SSSR count). The highest BCUT2D eigenvalue weighted by Crippen LogP contribution is 2.45. The van der Waals surface area contributed by atoms with E-state index in [1.807, 2.05) is 0 Å². The van der Waals surface area contributed by atoms with E-state index < -0.39 is 5.97 Å². The number of aliphatic hydroxyl groups excluding tert-OH is 1. The van der Waals surface area contributed by atoms with Gasteiger partial charge >= 0.3 is 5.97 Å². The van der Waals surface area contributed by atoms with Crippen molar-refractivity contribution < 1.29 is 24.5 Å². The molecule has 118 valence electrons. The summed E-state index contributed by atoms with van der Waals surface area (Å²) in [7, 11) is 1.00. The molecule has 0 bridgehead atoms. The number of rotatable bonds is 5. The van der Waals surface area contributed by atoms with Gasteiger partial charge < -0.3 is 20.7 Å². The lowest BCUT2D eigenvalue weighted by Gasteiger charge is -2.02. The number of thiophene rings is 1. The smallest absolute Gasteiger partial charge is 0.349 e. The lowest BCUT2D eigenvalue weighted by Crippen LogP contribution is -2.02. The summed E-state index contributed by atoms with van der Waals surface area (Å²) in [4.78, 5) is 22.1. The molecule has 0 saturated carbocycles. The number of carbonyl (C=O) groups excluding carboxylic acids is 1. The minimum atomic E-state index is -1.16. The first kappa shape index (κ1) is 18.0. The van der Waals surface area contributed by atoms with Crippen LogP contribution in [0.3, 0.4) is 0 Å². The number of ether oxygens (including phenoxy) is 1. The lowest BCUT2D eigenvalue weighted by atomic mass is 10.1. The minimum absolute atomic E-state index is 0.00805. The zero-order valence-corrected chi connectivity index (χ0v) is 13.1. The third kappa shape index (κ3) is 3.97. The number of nitrogens with two attached hydrogens (primary N) is 1. The monoisotopic (exact) mass is 343 g/mol. The number of carboxylic acids is 1. The Bertz CT molecular complexity index is 671. The summed E-state index contributed by atoms with van der Waals surface area (Å²) in [5, 5.41) is 16.3. The molecule has 0 atom stereocenters. The Kier molecular flexibility index (Phi) is 6.84. The maximum Gasteiger partial charge on any atom is 0.349 e. The SMILES string of the molecule is CO.Nc1cccc(-c2sc(C(=O)O)c(OCC=O)c2Cl)c1. The molecule has 0 radical (unpaired) electrons. The molecule has 0 saturated heterocycles. The first-order chi connectivity index (χ1) is 10.5. The molecule has 0 unspecified atom stereocenters. The highest BCUT2D eigenvalue weighted by atomic mass is 35.5. The summed E-state index contributed by atoms with van der Waals surface area (Å²) in [6.07, 6.45) is 0.528. The summed E-state index contributed by atoms with van der Waals surface area (Å²) in [6, 6.07) is 6.91. The number of aromatic carboxylic acids is 1. The van der Waals surface area contributed by atoms with Gasteiger partial charge in [-0.15, -0.1) is 11.3 Å². The van der Waals surface area contributed by atoms with E-state index in [4.69, 9.17) is 32.3 Å². The van der Waals surface area contributed by atoms with E-state index in [1.165, 1.54) is 0 Å². The van der Waals surface area contributed by atoms with Crippen LogP contribution in [0.5, 0.6) is 5.75 Å². The van der Waals surface area contributed by atoms with Gasteiger partial charge in [-0.25, -0.2) is 4.79 Å². The van der Waals surface area contributed by atoms with Crippen LogP contribution in [-0.4, -0.2) is 36.2 Å². The van der Waals surface area contributed by atoms with E-state index >= 15 is 0 Å². The van der Waals surface area contributed by atoms with Crippen LogP contribution in [-0.2, 0) is 4.79 Å². The molecule has 1 aromatic carbocycles. The zero-order chi connectivity index (χ0) is 16.7. The van der Waals surface area contributed by atoms with Crippen molar-refractivity contribution in [2.75, 3.05) is 19.5 Å². The van der Waals surface area contributed by atoms with Gasteiger partial charge in [0.2, 0.25) is 0 Å².